The van der Waals surface area contributed by atoms with Crippen LogP contribution in [0.15, 0.2) is 30.6 Å². The van der Waals surface area contributed by atoms with Gasteiger partial charge in [0.25, 0.3) is 12.2 Å². The molecule has 0 bridgehead atoms. The summed E-state index contributed by atoms with van der Waals surface area (Å²) in [5.74, 6) is -0.142. The van der Waals surface area contributed by atoms with Gasteiger partial charge in [0.2, 0.25) is 0 Å². The van der Waals surface area contributed by atoms with Crippen LogP contribution < -0.4 is 10.1 Å². The van der Waals surface area contributed by atoms with Crippen molar-refractivity contribution < 1.29 is 27.4 Å². The van der Waals surface area contributed by atoms with Gasteiger partial charge in [-0.2, -0.15) is 23.4 Å². The lowest BCUT2D eigenvalue weighted by molar-refractivity contribution is -0.0498. The highest BCUT2D eigenvalue weighted by Gasteiger charge is 2.31. The maximum Gasteiger partial charge on any atom is 0.387 e. The molecule has 0 aliphatic rings. The van der Waals surface area contributed by atoms with Crippen molar-refractivity contribution in [1.82, 2.24) is 19.6 Å². The van der Waals surface area contributed by atoms with Crippen molar-refractivity contribution in [1.29, 1.82) is 0 Å². The molecule has 1 unspecified atom stereocenters. The van der Waals surface area contributed by atoms with Gasteiger partial charge >= 0.3 is 6.61 Å². The Morgan fingerprint density at radius 1 is 1.21 bits per heavy atom. The molecule has 7 nitrogen and oxygen atoms in total. The lowest BCUT2D eigenvalue weighted by Crippen LogP contribution is -2.35. The van der Waals surface area contributed by atoms with E-state index in [1.165, 1.54) is 36.6 Å². The average molecular weight is 434 g/mol. The summed E-state index contributed by atoms with van der Waals surface area (Å²) in [6.07, 6.45) is -1.71. The molecule has 0 radical (unpaired) electrons. The summed E-state index contributed by atoms with van der Waals surface area (Å²) in [6.45, 7) is -0.0818. The predicted octanol–water partition coefficient (Wildman–Crippen LogP) is 4.24. The lowest BCUT2D eigenvalue weighted by Gasteiger charge is -2.32. The summed E-state index contributed by atoms with van der Waals surface area (Å²) in [6, 6.07) is 3.97. The molecule has 12 heteroatoms. The van der Waals surface area contributed by atoms with Gasteiger partial charge in [0.1, 0.15) is 23.6 Å². The van der Waals surface area contributed by atoms with Crippen LogP contribution in [-0.4, -0.2) is 36.9 Å². The first kappa shape index (κ1) is 21.1. The molecule has 156 valence electrons. The minimum absolute atomic E-state index is 0.0285. The summed E-state index contributed by atoms with van der Waals surface area (Å²) >= 11 is 6.22. The number of hydrogen-bond donors (Lipinski definition) is 2. The van der Waals surface area contributed by atoms with Crippen molar-refractivity contribution in [3.63, 3.8) is 0 Å². The number of alkyl halides is 4. The minimum Gasteiger partial charge on any atom is -0.435 e. The molecule has 2 N–H and O–H groups in total. The van der Waals surface area contributed by atoms with Crippen LogP contribution >= 0.6 is 11.6 Å². The van der Waals surface area contributed by atoms with Crippen LogP contribution in [-0.2, 0) is 0 Å². The fraction of sp³-hybridized carbons (Fsp3) is 0.353. The van der Waals surface area contributed by atoms with Gasteiger partial charge in [0.05, 0.1) is 11.6 Å². The van der Waals surface area contributed by atoms with Crippen LogP contribution in [0.3, 0.4) is 0 Å². The zero-order valence-corrected chi connectivity index (χ0v) is 15.9. The maximum atomic E-state index is 13.2. The standard InChI is InChI=1S/C17H16ClF4N5O2/c1-17(2,28)13(9-4-3-8(5-10(9)18)29-15(21)22)26-12-6-11(14(19)20)25-16-23-7-24-27(12)16/h3-7,13-15,26,28H,1-2H3. The number of rotatable bonds is 7. The number of hydrogen-bond acceptors (Lipinski definition) is 6. The van der Waals surface area contributed by atoms with Gasteiger partial charge in [-0.05, 0) is 31.5 Å². The number of fused-ring (bicyclic) bond motifs is 1. The number of nitrogens with one attached hydrogen (secondary N) is 1. The van der Waals surface area contributed by atoms with Crippen LogP contribution in [0, 0.1) is 0 Å². The molecule has 3 aromatic rings. The highest BCUT2D eigenvalue weighted by molar-refractivity contribution is 6.31. The van der Waals surface area contributed by atoms with Crippen molar-refractivity contribution in [3.8, 4) is 5.75 Å². The number of aromatic nitrogens is 4. The molecule has 3 rings (SSSR count). The largest absolute Gasteiger partial charge is 0.435 e. The molecule has 0 saturated carbocycles. The Labute approximate surface area is 167 Å². The van der Waals surface area contributed by atoms with Crippen molar-refractivity contribution >= 4 is 23.2 Å². The summed E-state index contributed by atoms with van der Waals surface area (Å²) in [4.78, 5) is 7.53. The quantitative estimate of drug-likeness (QED) is 0.542. The molecule has 0 aliphatic heterocycles. The first-order chi connectivity index (χ1) is 13.6. The summed E-state index contributed by atoms with van der Waals surface area (Å²) in [7, 11) is 0. The Morgan fingerprint density at radius 2 is 1.93 bits per heavy atom. The highest BCUT2D eigenvalue weighted by Crippen LogP contribution is 2.36. The number of benzene rings is 1. The molecular weight excluding hydrogens is 418 g/mol. The van der Waals surface area contributed by atoms with E-state index in [2.05, 4.69) is 25.1 Å². The van der Waals surface area contributed by atoms with Crippen molar-refractivity contribution in [2.45, 2.75) is 38.5 Å². The molecule has 1 atom stereocenters. The third kappa shape index (κ3) is 4.67. The normalized spacial score (nSPS) is 13.3. The second-order valence-corrected chi connectivity index (χ2v) is 7.04. The Bertz CT molecular complexity index is 1010. The molecule has 0 aliphatic carbocycles. The Hall–Kier alpha value is -2.66. The number of anilines is 1. The number of ether oxygens (including phenoxy) is 1. The monoisotopic (exact) mass is 433 g/mol. The van der Waals surface area contributed by atoms with Crippen LogP contribution in [0.2, 0.25) is 5.02 Å². The SMILES string of the molecule is CC(C)(O)C(Nc1cc(C(F)F)nc2ncnn12)c1ccc(OC(F)F)cc1Cl. The second-order valence-electron chi connectivity index (χ2n) is 6.63. The second kappa shape index (κ2) is 7.99. The van der Waals surface area contributed by atoms with E-state index < -0.39 is 30.4 Å². The van der Waals surface area contributed by atoms with E-state index in [-0.39, 0.29) is 22.4 Å². The third-order valence-corrected chi connectivity index (χ3v) is 4.33. The van der Waals surface area contributed by atoms with E-state index in [0.29, 0.717) is 5.56 Å². The molecular formula is C17H16ClF4N5O2. The first-order valence-corrected chi connectivity index (χ1v) is 8.66. The van der Waals surface area contributed by atoms with Crippen LogP contribution in [0.1, 0.15) is 37.6 Å². The average Bonchev–Trinajstić information content (AvgIpc) is 3.07. The molecule has 1 aromatic carbocycles. The first-order valence-electron chi connectivity index (χ1n) is 8.28. The van der Waals surface area contributed by atoms with Gasteiger partial charge in [-0.1, -0.05) is 17.7 Å². The topological polar surface area (TPSA) is 84.6 Å². The van der Waals surface area contributed by atoms with Crippen molar-refractivity contribution in [2.75, 3.05) is 5.32 Å². The van der Waals surface area contributed by atoms with Gasteiger partial charge in [-0.3, -0.25) is 0 Å². The number of aliphatic hydroxyl groups is 1. The fourth-order valence-electron chi connectivity index (χ4n) is 2.75. The molecule has 0 saturated heterocycles. The number of nitrogens with zero attached hydrogens (tertiary/aromatic N) is 4. The van der Waals surface area contributed by atoms with E-state index in [0.717, 1.165) is 12.4 Å². The minimum atomic E-state index is -3.02. The smallest absolute Gasteiger partial charge is 0.387 e. The Kier molecular flexibility index (Phi) is 5.80. The van der Waals surface area contributed by atoms with Gasteiger partial charge in [-0.15, -0.1) is 0 Å². The molecule has 2 heterocycles. The van der Waals surface area contributed by atoms with Gasteiger partial charge in [0.15, 0.2) is 0 Å². The Balaban J connectivity index is 2.04. The van der Waals surface area contributed by atoms with Gasteiger partial charge in [-0.25, -0.2) is 13.8 Å². The summed E-state index contributed by atoms with van der Waals surface area (Å²) in [5.41, 5.74) is -1.66. The van der Waals surface area contributed by atoms with E-state index in [1.54, 1.807) is 0 Å². The summed E-state index contributed by atoms with van der Waals surface area (Å²) in [5, 5.41) is 17.5. The molecule has 2 aromatic heterocycles. The van der Waals surface area contributed by atoms with Crippen molar-refractivity contribution in [3.05, 3.63) is 46.9 Å². The third-order valence-electron chi connectivity index (χ3n) is 4.00. The highest BCUT2D eigenvalue weighted by atomic mass is 35.5. The predicted molar refractivity (Wildman–Crippen MR) is 96.5 cm³/mol. The van der Waals surface area contributed by atoms with Crippen LogP contribution in [0.4, 0.5) is 23.4 Å². The molecule has 0 fully saturated rings. The maximum absolute atomic E-state index is 13.2. The van der Waals surface area contributed by atoms with Gasteiger partial charge < -0.3 is 15.2 Å². The lowest BCUT2D eigenvalue weighted by atomic mass is 9.91. The fourth-order valence-corrected chi connectivity index (χ4v) is 3.03. The van der Waals surface area contributed by atoms with E-state index >= 15 is 0 Å². The number of halogens is 5. The van der Waals surface area contributed by atoms with E-state index in [9.17, 15) is 22.7 Å². The Morgan fingerprint density at radius 3 is 2.52 bits per heavy atom. The zero-order valence-electron chi connectivity index (χ0n) is 15.2. The van der Waals surface area contributed by atoms with Gasteiger partial charge in [0, 0.05) is 11.1 Å². The van der Waals surface area contributed by atoms with Crippen LogP contribution in [0.25, 0.3) is 5.78 Å². The van der Waals surface area contributed by atoms with Crippen LogP contribution in [0.5, 0.6) is 5.75 Å². The van der Waals surface area contributed by atoms with Crippen molar-refractivity contribution in [2.24, 2.45) is 0 Å². The summed E-state index contributed by atoms with van der Waals surface area (Å²) < 4.78 is 56.7. The molecule has 0 amide bonds. The van der Waals surface area contributed by atoms with E-state index in [1.807, 2.05) is 0 Å². The molecule has 29 heavy (non-hydrogen) atoms. The zero-order chi connectivity index (χ0) is 21.3. The molecule has 0 spiro atoms. The van der Waals surface area contributed by atoms with E-state index in [4.69, 9.17) is 11.6 Å².